The van der Waals surface area contributed by atoms with Crippen LogP contribution in [0.2, 0.25) is 0 Å². The van der Waals surface area contributed by atoms with Gasteiger partial charge in [0.25, 0.3) is 0 Å². The number of allylic oxidation sites excluding steroid dienone is 2. The van der Waals surface area contributed by atoms with Gasteiger partial charge in [-0.15, -0.1) is 0 Å². The summed E-state index contributed by atoms with van der Waals surface area (Å²) in [4.78, 5) is 17.1. The summed E-state index contributed by atoms with van der Waals surface area (Å²) in [6, 6.07) is 1.18. The van der Waals surface area contributed by atoms with Gasteiger partial charge in [-0.2, -0.15) is 0 Å². The molecule has 0 aliphatic carbocycles. The van der Waals surface area contributed by atoms with Crippen molar-refractivity contribution in [3.8, 4) is 0 Å². The zero-order valence-corrected chi connectivity index (χ0v) is 10.9. The molecule has 0 saturated carbocycles. The largest absolute Gasteiger partial charge is 0.480 e. The van der Waals surface area contributed by atoms with Crippen LogP contribution in [-0.4, -0.2) is 35.1 Å². The lowest BCUT2D eigenvalue weighted by Crippen LogP contribution is -2.27. The highest BCUT2D eigenvalue weighted by atomic mass is 16.4. The fourth-order valence-electron chi connectivity index (χ4n) is 1.75. The van der Waals surface area contributed by atoms with Gasteiger partial charge >= 0.3 is 5.97 Å². The zero-order chi connectivity index (χ0) is 13.7. The van der Waals surface area contributed by atoms with Crippen molar-refractivity contribution in [3.05, 3.63) is 47.8 Å². The average molecular weight is 246 g/mol. The van der Waals surface area contributed by atoms with Crippen molar-refractivity contribution in [1.82, 2.24) is 9.88 Å². The van der Waals surface area contributed by atoms with Crippen LogP contribution in [0.3, 0.4) is 0 Å². The normalized spacial score (nSPS) is 12.9. The summed E-state index contributed by atoms with van der Waals surface area (Å²) >= 11 is 0. The van der Waals surface area contributed by atoms with Crippen LogP contribution in [0.4, 0.5) is 0 Å². The highest BCUT2D eigenvalue weighted by Crippen LogP contribution is 2.20. The molecule has 0 aliphatic rings. The lowest BCUT2D eigenvalue weighted by Gasteiger charge is -2.20. The van der Waals surface area contributed by atoms with Gasteiger partial charge in [0.15, 0.2) is 0 Å². The van der Waals surface area contributed by atoms with Crippen molar-refractivity contribution >= 4 is 12.0 Å². The average Bonchev–Trinajstić information content (AvgIpc) is 2.27. The molecule has 4 nitrogen and oxygen atoms in total. The molecule has 1 heterocycles. The van der Waals surface area contributed by atoms with E-state index in [1.165, 1.54) is 0 Å². The molecular formula is C14H18N2O2. The second-order valence-electron chi connectivity index (χ2n) is 4.27. The highest BCUT2D eigenvalue weighted by Gasteiger charge is 2.22. The SMILES string of the molecule is C=CC=Cc1ncc(C(C(=O)O)N(C)C)cc1C. The van der Waals surface area contributed by atoms with Gasteiger partial charge < -0.3 is 5.11 Å². The maximum atomic E-state index is 11.2. The van der Waals surface area contributed by atoms with E-state index in [2.05, 4.69) is 11.6 Å². The van der Waals surface area contributed by atoms with Gasteiger partial charge in [-0.25, -0.2) is 0 Å². The number of carboxylic acids is 1. The number of nitrogens with zero attached hydrogens (tertiary/aromatic N) is 2. The monoisotopic (exact) mass is 246 g/mol. The van der Waals surface area contributed by atoms with Crippen molar-refractivity contribution in [1.29, 1.82) is 0 Å². The van der Waals surface area contributed by atoms with Crippen molar-refractivity contribution < 1.29 is 9.90 Å². The Kier molecular flexibility index (Phi) is 4.80. The van der Waals surface area contributed by atoms with E-state index in [0.29, 0.717) is 5.56 Å². The van der Waals surface area contributed by atoms with Gasteiger partial charge in [-0.3, -0.25) is 14.7 Å². The van der Waals surface area contributed by atoms with Crippen molar-refractivity contribution in [2.45, 2.75) is 13.0 Å². The van der Waals surface area contributed by atoms with Gasteiger partial charge in [0.2, 0.25) is 0 Å². The lowest BCUT2D eigenvalue weighted by atomic mass is 10.0. The molecule has 0 spiro atoms. The first kappa shape index (κ1) is 14.1. The molecule has 1 atom stereocenters. The molecule has 1 N–H and O–H groups in total. The molecule has 0 amide bonds. The molecule has 1 aromatic heterocycles. The first-order valence-electron chi connectivity index (χ1n) is 5.62. The number of aromatic nitrogens is 1. The molecule has 0 aliphatic heterocycles. The van der Waals surface area contributed by atoms with Crippen LogP contribution >= 0.6 is 0 Å². The molecule has 96 valence electrons. The van der Waals surface area contributed by atoms with E-state index in [0.717, 1.165) is 11.3 Å². The van der Waals surface area contributed by atoms with E-state index < -0.39 is 12.0 Å². The van der Waals surface area contributed by atoms with Crippen LogP contribution in [0.5, 0.6) is 0 Å². The van der Waals surface area contributed by atoms with Crippen molar-refractivity contribution in [2.75, 3.05) is 14.1 Å². The maximum absolute atomic E-state index is 11.2. The molecule has 1 aromatic rings. The Morgan fingerprint density at radius 2 is 2.22 bits per heavy atom. The minimum Gasteiger partial charge on any atom is -0.480 e. The number of likely N-dealkylation sites (N-methyl/N-ethyl adjacent to an activating group) is 1. The summed E-state index contributed by atoms with van der Waals surface area (Å²) in [5.74, 6) is -0.879. The highest BCUT2D eigenvalue weighted by molar-refractivity contribution is 5.75. The topological polar surface area (TPSA) is 53.4 Å². The molecule has 0 radical (unpaired) electrons. The molecule has 0 aromatic carbocycles. The van der Waals surface area contributed by atoms with Crippen molar-refractivity contribution in [2.24, 2.45) is 0 Å². The zero-order valence-electron chi connectivity index (χ0n) is 10.9. The summed E-state index contributed by atoms with van der Waals surface area (Å²) in [7, 11) is 3.47. The van der Waals surface area contributed by atoms with Crippen LogP contribution in [0.15, 0.2) is 31.0 Å². The fourth-order valence-corrected chi connectivity index (χ4v) is 1.75. The molecular weight excluding hydrogens is 228 g/mol. The molecule has 0 saturated heterocycles. The first-order valence-corrected chi connectivity index (χ1v) is 5.62. The third kappa shape index (κ3) is 3.28. The number of carboxylic acid groups (broad SMARTS) is 1. The Labute approximate surface area is 107 Å². The quantitative estimate of drug-likeness (QED) is 0.810. The van der Waals surface area contributed by atoms with Gasteiger partial charge in [0.1, 0.15) is 6.04 Å². The lowest BCUT2D eigenvalue weighted by molar-refractivity contribution is -0.142. The fraction of sp³-hybridized carbons (Fsp3) is 0.286. The predicted octanol–water partition coefficient (Wildman–Crippen LogP) is 2.28. The summed E-state index contributed by atoms with van der Waals surface area (Å²) < 4.78 is 0. The number of rotatable bonds is 5. The van der Waals surface area contributed by atoms with E-state index in [4.69, 9.17) is 0 Å². The third-order valence-corrected chi connectivity index (χ3v) is 2.60. The minimum atomic E-state index is -0.879. The van der Waals surface area contributed by atoms with Gasteiger partial charge in [0.05, 0.1) is 5.69 Å². The Morgan fingerprint density at radius 3 is 2.67 bits per heavy atom. The van der Waals surface area contributed by atoms with E-state index in [1.807, 2.05) is 19.1 Å². The van der Waals surface area contributed by atoms with E-state index in [1.54, 1.807) is 37.3 Å². The molecule has 18 heavy (non-hydrogen) atoms. The number of carbonyl (C=O) groups is 1. The predicted molar refractivity (Wildman–Crippen MR) is 72.3 cm³/mol. The number of pyridine rings is 1. The number of aliphatic carboxylic acids is 1. The van der Waals surface area contributed by atoms with Crippen LogP contribution in [0.25, 0.3) is 6.08 Å². The van der Waals surface area contributed by atoms with Gasteiger partial charge in [0, 0.05) is 6.20 Å². The second-order valence-corrected chi connectivity index (χ2v) is 4.27. The van der Waals surface area contributed by atoms with Crippen LogP contribution < -0.4 is 0 Å². The molecule has 1 rings (SSSR count). The summed E-state index contributed by atoms with van der Waals surface area (Å²) in [6.45, 7) is 5.51. The molecule has 0 bridgehead atoms. The van der Waals surface area contributed by atoms with E-state index in [9.17, 15) is 9.90 Å². The van der Waals surface area contributed by atoms with Crippen LogP contribution in [0, 0.1) is 6.92 Å². The van der Waals surface area contributed by atoms with Crippen LogP contribution in [-0.2, 0) is 4.79 Å². The number of hydrogen-bond acceptors (Lipinski definition) is 3. The smallest absolute Gasteiger partial charge is 0.325 e. The Balaban J connectivity index is 3.13. The summed E-state index contributed by atoms with van der Waals surface area (Å²) in [5.41, 5.74) is 2.45. The summed E-state index contributed by atoms with van der Waals surface area (Å²) in [5, 5.41) is 9.20. The standard InChI is InChI=1S/C14H18N2O2/c1-5-6-7-12-10(2)8-11(9-15-12)13(14(17)18)16(3)4/h5-9,13H,1H2,2-4H3,(H,17,18). The number of aryl methyl sites for hydroxylation is 1. The third-order valence-electron chi connectivity index (χ3n) is 2.60. The van der Waals surface area contributed by atoms with Crippen molar-refractivity contribution in [3.63, 3.8) is 0 Å². The molecule has 0 fully saturated rings. The Hall–Kier alpha value is -1.94. The van der Waals surface area contributed by atoms with E-state index in [-0.39, 0.29) is 0 Å². The maximum Gasteiger partial charge on any atom is 0.325 e. The van der Waals surface area contributed by atoms with Gasteiger partial charge in [-0.1, -0.05) is 24.8 Å². The van der Waals surface area contributed by atoms with Gasteiger partial charge in [-0.05, 0) is 38.2 Å². The molecule has 4 heteroatoms. The first-order chi connectivity index (χ1) is 8.47. The second kappa shape index (κ2) is 6.12. The van der Waals surface area contributed by atoms with Crippen LogP contribution in [0.1, 0.15) is 22.9 Å². The molecule has 1 unspecified atom stereocenters. The Morgan fingerprint density at radius 1 is 1.56 bits per heavy atom. The number of hydrogen-bond donors (Lipinski definition) is 1. The summed E-state index contributed by atoms with van der Waals surface area (Å²) in [6.07, 6.45) is 6.93. The minimum absolute atomic E-state index is 0.673. The van der Waals surface area contributed by atoms with E-state index >= 15 is 0 Å². The Bertz CT molecular complexity index is 479.